The van der Waals surface area contributed by atoms with Gasteiger partial charge in [-0.05, 0) is 75.3 Å². The Morgan fingerprint density at radius 3 is 2.03 bits per heavy atom. The number of rotatable bonds is 4. The molecule has 1 aliphatic heterocycles. The van der Waals surface area contributed by atoms with Crippen molar-refractivity contribution in [2.75, 3.05) is 26.2 Å². The normalized spacial score (nSPS) is 34.8. The summed E-state index contributed by atoms with van der Waals surface area (Å²) in [5.74, 6) is 2.80. The van der Waals surface area contributed by atoms with Gasteiger partial charge in [-0.3, -0.25) is 14.5 Å². The number of benzene rings is 1. The van der Waals surface area contributed by atoms with Gasteiger partial charge in [0, 0.05) is 37.3 Å². The van der Waals surface area contributed by atoms with E-state index in [1.807, 2.05) is 42.2 Å². The molecular weight excluding hydrogens is 362 g/mol. The number of nitrogens with zero attached hydrogens (tertiary/aromatic N) is 2. The molecule has 0 unspecified atom stereocenters. The van der Waals surface area contributed by atoms with E-state index >= 15 is 0 Å². The Kier molecular flexibility index (Phi) is 4.89. The van der Waals surface area contributed by atoms with Crippen molar-refractivity contribution in [1.82, 2.24) is 15.1 Å². The second-order valence-corrected chi connectivity index (χ2v) is 10.1. The number of carbonyl (C=O) groups excluding carboxylic acids is 2. The quantitative estimate of drug-likeness (QED) is 0.853. The average Bonchev–Trinajstić information content (AvgIpc) is 2.72. The molecule has 5 aliphatic rings. The van der Waals surface area contributed by atoms with Crippen LogP contribution in [-0.2, 0) is 4.79 Å². The predicted octanol–water partition coefficient (Wildman–Crippen LogP) is 2.92. The topological polar surface area (TPSA) is 52.7 Å². The van der Waals surface area contributed by atoms with Crippen LogP contribution in [0.5, 0.6) is 0 Å². The Morgan fingerprint density at radius 2 is 1.48 bits per heavy atom. The van der Waals surface area contributed by atoms with E-state index in [0.29, 0.717) is 13.1 Å². The van der Waals surface area contributed by atoms with Crippen molar-refractivity contribution in [3.05, 3.63) is 35.9 Å². The van der Waals surface area contributed by atoms with Gasteiger partial charge in [-0.1, -0.05) is 18.2 Å². The molecule has 4 saturated carbocycles. The summed E-state index contributed by atoms with van der Waals surface area (Å²) in [6.45, 7) is 4.91. The van der Waals surface area contributed by atoms with E-state index in [2.05, 4.69) is 10.2 Å². The fourth-order valence-electron chi connectivity index (χ4n) is 6.87. The second kappa shape index (κ2) is 7.42. The lowest BCUT2D eigenvalue weighted by atomic mass is 9.53. The van der Waals surface area contributed by atoms with Crippen LogP contribution < -0.4 is 5.32 Å². The van der Waals surface area contributed by atoms with Gasteiger partial charge in [0.05, 0.1) is 6.04 Å². The van der Waals surface area contributed by atoms with Crippen molar-refractivity contribution in [3.63, 3.8) is 0 Å². The SMILES string of the molecule is C[C@@H](C(=O)NC12CC3CC(CC(C3)C1)C2)N1CCN(C(=O)c2ccccc2)CC1. The van der Waals surface area contributed by atoms with Crippen LogP contribution >= 0.6 is 0 Å². The first kappa shape index (κ1) is 19.1. The van der Waals surface area contributed by atoms with Crippen molar-refractivity contribution in [3.8, 4) is 0 Å². The number of hydrogen-bond acceptors (Lipinski definition) is 3. The van der Waals surface area contributed by atoms with E-state index in [-0.39, 0.29) is 23.4 Å². The van der Waals surface area contributed by atoms with Crippen molar-refractivity contribution < 1.29 is 9.59 Å². The van der Waals surface area contributed by atoms with Crippen LogP contribution in [0, 0.1) is 17.8 Å². The van der Waals surface area contributed by atoms with Crippen molar-refractivity contribution in [2.24, 2.45) is 17.8 Å². The Morgan fingerprint density at radius 1 is 0.931 bits per heavy atom. The van der Waals surface area contributed by atoms with Gasteiger partial charge in [0.15, 0.2) is 0 Å². The minimum absolute atomic E-state index is 0.0746. The number of nitrogens with one attached hydrogen (secondary N) is 1. The summed E-state index contributed by atoms with van der Waals surface area (Å²) in [6, 6.07) is 9.35. The third-order valence-corrected chi connectivity index (χ3v) is 7.98. The maximum absolute atomic E-state index is 13.1. The molecule has 0 radical (unpaired) electrons. The van der Waals surface area contributed by atoms with Crippen LogP contribution in [0.2, 0.25) is 0 Å². The summed E-state index contributed by atoms with van der Waals surface area (Å²) in [5, 5.41) is 3.52. The van der Waals surface area contributed by atoms with E-state index in [1.165, 1.54) is 38.5 Å². The predicted molar refractivity (Wildman–Crippen MR) is 112 cm³/mol. The van der Waals surface area contributed by atoms with Crippen LogP contribution in [-0.4, -0.2) is 59.4 Å². The summed E-state index contributed by atoms with van der Waals surface area (Å²) in [7, 11) is 0. The highest BCUT2D eigenvalue weighted by atomic mass is 16.2. The fraction of sp³-hybridized carbons (Fsp3) is 0.667. The van der Waals surface area contributed by atoms with Crippen LogP contribution in [0.1, 0.15) is 55.8 Å². The molecule has 1 saturated heterocycles. The Balaban J connectivity index is 1.16. The monoisotopic (exact) mass is 395 g/mol. The van der Waals surface area contributed by atoms with E-state index in [0.717, 1.165) is 36.4 Å². The van der Waals surface area contributed by atoms with Gasteiger partial charge in [0.1, 0.15) is 0 Å². The van der Waals surface area contributed by atoms with E-state index in [1.54, 1.807) is 0 Å². The molecule has 1 aromatic rings. The lowest BCUT2D eigenvalue weighted by Crippen LogP contribution is -2.63. The highest BCUT2D eigenvalue weighted by molar-refractivity contribution is 5.94. The Labute approximate surface area is 173 Å². The maximum atomic E-state index is 13.1. The lowest BCUT2D eigenvalue weighted by Gasteiger charge is -2.57. The van der Waals surface area contributed by atoms with Gasteiger partial charge < -0.3 is 10.2 Å². The minimum Gasteiger partial charge on any atom is -0.349 e. The van der Waals surface area contributed by atoms with Gasteiger partial charge in [0.25, 0.3) is 5.91 Å². The van der Waals surface area contributed by atoms with Gasteiger partial charge >= 0.3 is 0 Å². The van der Waals surface area contributed by atoms with Crippen molar-refractivity contribution in [1.29, 1.82) is 0 Å². The molecule has 2 amide bonds. The molecule has 5 heteroatoms. The largest absolute Gasteiger partial charge is 0.349 e. The summed E-state index contributed by atoms with van der Waals surface area (Å²) in [4.78, 5) is 29.9. The van der Waals surface area contributed by atoms with Gasteiger partial charge in [0.2, 0.25) is 5.91 Å². The molecular formula is C24H33N3O2. The van der Waals surface area contributed by atoms with E-state index < -0.39 is 0 Å². The highest BCUT2D eigenvalue weighted by Crippen LogP contribution is 2.55. The molecule has 0 aromatic heterocycles. The van der Waals surface area contributed by atoms with Crippen LogP contribution in [0.25, 0.3) is 0 Å². The molecule has 1 N–H and O–H groups in total. The van der Waals surface area contributed by atoms with Crippen LogP contribution in [0.15, 0.2) is 30.3 Å². The molecule has 4 aliphatic carbocycles. The fourth-order valence-corrected chi connectivity index (χ4v) is 6.87. The Hall–Kier alpha value is -1.88. The van der Waals surface area contributed by atoms with Gasteiger partial charge in [-0.25, -0.2) is 0 Å². The first-order valence-corrected chi connectivity index (χ1v) is 11.4. The molecule has 5 fully saturated rings. The summed E-state index contributed by atoms with van der Waals surface area (Å²) >= 11 is 0. The number of carbonyl (C=O) groups is 2. The molecule has 5 nitrogen and oxygen atoms in total. The number of hydrogen-bond donors (Lipinski definition) is 1. The Bertz CT molecular complexity index is 734. The lowest BCUT2D eigenvalue weighted by molar-refractivity contribution is -0.132. The molecule has 1 heterocycles. The van der Waals surface area contributed by atoms with Gasteiger partial charge in [-0.15, -0.1) is 0 Å². The first-order chi connectivity index (χ1) is 14.0. The smallest absolute Gasteiger partial charge is 0.253 e. The highest BCUT2D eigenvalue weighted by Gasteiger charge is 2.51. The summed E-state index contributed by atoms with van der Waals surface area (Å²) in [6.07, 6.45) is 7.75. The van der Waals surface area contributed by atoms with Gasteiger partial charge in [-0.2, -0.15) is 0 Å². The zero-order valence-electron chi connectivity index (χ0n) is 17.5. The zero-order valence-corrected chi connectivity index (χ0v) is 17.5. The molecule has 6 rings (SSSR count). The molecule has 4 bridgehead atoms. The van der Waals surface area contributed by atoms with Crippen LogP contribution in [0.3, 0.4) is 0 Å². The molecule has 156 valence electrons. The van der Waals surface area contributed by atoms with E-state index in [4.69, 9.17) is 0 Å². The zero-order chi connectivity index (χ0) is 20.0. The van der Waals surface area contributed by atoms with Crippen molar-refractivity contribution in [2.45, 2.75) is 57.0 Å². The third kappa shape index (κ3) is 3.70. The molecule has 0 spiro atoms. The minimum atomic E-state index is -0.128. The first-order valence-electron chi connectivity index (χ1n) is 11.4. The number of amides is 2. The van der Waals surface area contributed by atoms with E-state index in [9.17, 15) is 9.59 Å². The van der Waals surface area contributed by atoms with Crippen LogP contribution in [0.4, 0.5) is 0 Å². The maximum Gasteiger partial charge on any atom is 0.253 e. The number of piperazine rings is 1. The summed E-state index contributed by atoms with van der Waals surface area (Å²) < 4.78 is 0. The summed E-state index contributed by atoms with van der Waals surface area (Å²) in [5.41, 5.74) is 0.819. The second-order valence-electron chi connectivity index (χ2n) is 10.1. The average molecular weight is 396 g/mol. The molecule has 1 aromatic carbocycles. The molecule has 1 atom stereocenters. The molecule has 29 heavy (non-hydrogen) atoms. The third-order valence-electron chi connectivity index (χ3n) is 7.98. The standard InChI is InChI=1S/C24H33N3O2/c1-17(22(28)25-24-14-18-11-19(15-24)13-20(12-18)16-24)26-7-9-27(10-8-26)23(29)21-5-3-2-4-6-21/h2-6,17-20H,7-16H2,1H3,(H,25,28)/t17-,18?,19?,20?,24?/m0/s1. The van der Waals surface area contributed by atoms with Crippen molar-refractivity contribution >= 4 is 11.8 Å².